The molecule has 1 saturated carbocycles. The molecule has 0 atom stereocenters. The van der Waals surface area contributed by atoms with Gasteiger partial charge in [-0.1, -0.05) is 18.1 Å². The average molecular weight is 354 g/mol. The van der Waals surface area contributed by atoms with Crippen LogP contribution in [0.3, 0.4) is 0 Å². The van der Waals surface area contributed by atoms with Gasteiger partial charge in [0.1, 0.15) is 0 Å². The van der Waals surface area contributed by atoms with E-state index in [1.165, 1.54) is 12.1 Å². The number of amides is 1. The summed E-state index contributed by atoms with van der Waals surface area (Å²) in [6.45, 7) is 1.76. The van der Waals surface area contributed by atoms with E-state index in [4.69, 9.17) is 6.42 Å². The first kappa shape index (κ1) is 17.2. The highest BCUT2D eigenvalue weighted by molar-refractivity contribution is 7.89. The molecule has 0 spiro atoms. The van der Waals surface area contributed by atoms with Gasteiger partial charge in [0, 0.05) is 22.9 Å². The number of rotatable bonds is 5. The number of sulfonamides is 1. The monoisotopic (exact) mass is 354 g/mol. The molecule has 5 nitrogen and oxygen atoms in total. The molecular formula is C19H18N2O3S. The van der Waals surface area contributed by atoms with Gasteiger partial charge in [0.2, 0.25) is 10.0 Å². The Bertz CT molecular complexity index is 970. The number of aryl methyl sites for hydroxylation is 1. The maximum absolute atomic E-state index is 12.6. The minimum Gasteiger partial charge on any atom is -0.322 e. The molecule has 0 aromatic heterocycles. The molecule has 0 radical (unpaired) electrons. The summed E-state index contributed by atoms with van der Waals surface area (Å²) in [5, 5.41) is 2.76. The van der Waals surface area contributed by atoms with Gasteiger partial charge in [-0.3, -0.25) is 4.79 Å². The Morgan fingerprint density at radius 3 is 2.64 bits per heavy atom. The first-order chi connectivity index (χ1) is 11.9. The Morgan fingerprint density at radius 1 is 1.20 bits per heavy atom. The molecule has 3 rings (SSSR count). The van der Waals surface area contributed by atoms with E-state index < -0.39 is 10.0 Å². The van der Waals surface area contributed by atoms with Crippen LogP contribution in [-0.4, -0.2) is 20.4 Å². The van der Waals surface area contributed by atoms with Crippen molar-refractivity contribution < 1.29 is 13.2 Å². The molecule has 0 aliphatic heterocycles. The fourth-order valence-electron chi connectivity index (χ4n) is 2.39. The Kier molecular flexibility index (Phi) is 4.62. The molecule has 0 bridgehead atoms. The lowest BCUT2D eigenvalue weighted by Crippen LogP contribution is -2.26. The summed E-state index contributed by atoms with van der Waals surface area (Å²) in [5.74, 6) is 2.13. The highest BCUT2D eigenvalue weighted by Crippen LogP contribution is 2.23. The van der Waals surface area contributed by atoms with Gasteiger partial charge >= 0.3 is 0 Å². The Balaban J connectivity index is 1.86. The van der Waals surface area contributed by atoms with Gasteiger partial charge in [-0.05, 0) is 55.7 Å². The molecule has 1 aliphatic carbocycles. The van der Waals surface area contributed by atoms with Crippen molar-refractivity contribution in [2.45, 2.75) is 30.7 Å². The van der Waals surface area contributed by atoms with Crippen LogP contribution < -0.4 is 10.0 Å². The molecule has 25 heavy (non-hydrogen) atoms. The predicted octanol–water partition coefficient (Wildman–Crippen LogP) is 2.67. The molecule has 0 heterocycles. The highest BCUT2D eigenvalue weighted by atomic mass is 32.2. The van der Waals surface area contributed by atoms with Gasteiger partial charge in [0.15, 0.2) is 0 Å². The van der Waals surface area contributed by atoms with Crippen molar-refractivity contribution in [2.24, 2.45) is 0 Å². The third-order valence-corrected chi connectivity index (χ3v) is 5.47. The summed E-state index contributed by atoms with van der Waals surface area (Å²) in [4.78, 5) is 12.7. The molecule has 2 N–H and O–H groups in total. The summed E-state index contributed by atoms with van der Waals surface area (Å²) in [6, 6.07) is 11.5. The number of terminal acetylenes is 1. The molecule has 1 amide bonds. The van der Waals surface area contributed by atoms with Gasteiger partial charge < -0.3 is 5.32 Å². The van der Waals surface area contributed by atoms with Gasteiger partial charge in [0.25, 0.3) is 5.91 Å². The molecule has 0 saturated heterocycles. The third kappa shape index (κ3) is 4.08. The fourth-order valence-corrected chi connectivity index (χ4v) is 3.72. The molecule has 0 unspecified atom stereocenters. The van der Waals surface area contributed by atoms with Crippen LogP contribution in [0, 0.1) is 19.3 Å². The zero-order valence-corrected chi connectivity index (χ0v) is 14.6. The summed E-state index contributed by atoms with van der Waals surface area (Å²) in [6.07, 6.45) is 7.06. The number of nitrogens with one attached hydrogen (secondary N) is 2. The van der Waals surface area contributed by atoms with Crippen LogP contribution in [0.5, 0.6) is 0 Å². The van der Waals surface area contributed by atoms with Gasteiger partial charge in [-0.15, -0.1) is 6.42 Å². The molecule has 2 aromatic rings. The second kappa shape index (κ2) is 6.71. The zero-order valence-electron chi connectivity index (χ0n) is 13.7. The van der Waals surface area contributed by atoms with Crippen molar-refractivity contribution >= 4 is 21.6 Å². The SMILES string of the molecule is C#Cc1cccc(NC(=O)c2cc(S(=O)(=O)NC3CC3)ccc2C)c1. The van der Waals surface area contributed by atoms with E-state index in [-0.39, 0.29) is 16.8 Å². The molecule has 2 aromatic carbocycles. The maximum Gasteiger partial charge on any atom is 0.255 e. The van der Waals surface area contributed by atoms with Crippen molar-refractivity contribution in [3.05, 3.63) is 59.2 Å². The molecular weight excluding hydrogens is 336 g/mol. The van der Waals surface area contributed by atoms with Crippen LogP contribution in [-0.2, 0) is 10.0 Å². The van der Waals surface area contributed by atoms with Crippen molar-refractivity contribution in [1.29, 1.82) is 0 Å². The van der Waals surface area contributed by atoms with Crippen LogP contribution in [0.25, 0.3) is 0 Å². The normalized spacial score (nSPS) is 13.9. The van der Waals surface area contributed by atoms with Crippen molar-refractivity contribution in [2.75, 3.05) is 5.32 Å². The standard InChI is InChI=1S/C19H18N2O3S/c1-3-14-5-4-6-16(11-14)20-19(22)18-12-17(10-7-13(18)2)25(23,24)21-15-8-9-15/h1,4-7,10-12,15,21H,8-9H2,2H3,(H,20,22). The van der Waals surface area contributed by atoms with Crippen LogP contribution in [0.2, 0.25) is 0 Å². The smallest absolute Gasteiger partial charge is 0.255 e. The third-order valence-electron chi connectivity index (χ3n) is 3.95. The van der Waals surface area contributed by atoms with E-state index in [1.807, 2.05) is 0 Å². The Hall–Kier alpha value is -2.62. The minimum absolute atomic E-state index is 0.00934. The van der Waals surface area contributed by atoms with E-state index in [0.29, 0.717) is 22.4 Å². The maximum atomic E-state index is 12.6. The second-order valence-corrected chi connectivity index (χ2v) is 7.77. The summed E-state index contributed by atoms with van der Waals surface area (Å²) in [5.41, 5.74) is 2.21. The van der Waals surface area contributed by atoms with Crippen LogP contribution in [0.4, 0.5) is 5.69 Å². The Labute approximate surface area is 147 Å². The van der Waals surface area contributed by atoms with Crippen LogP contribution in [0.15, 0.2) is 47.4 Å². The minimum atomic E-state index is -3.61. The van der Waals surface area contributed by atoms with E-state index in [0.717, 1.165) is 12.8 Å². The van der Waals surface area contributed by atoms with E-state index in [1.54, 1.807) is 37.3 Å². The first-order valence-electron chi connectivity index (χ1n) is 7.90. The van der Waals surface area contributed by atoms with E-state index >= 15 is 0 Å². The summed E-state index contributed by atoms with van der Waals surface area (Å²) < 4.78 is 27.3. The number of anilines is 1. The number of hydrogen-bond donors (Lipinski definition) is 2. The van der Waals surface area contributed by atoms with Crippen LogP contribution >= 0.6 is 0 Å². The molecule has 6 heteroatoms. The van der Waals surface area contributed by atoms with E-state index in [9.17, 15) is 13.2 Å². The summed E-state index contributed by atoms with van der Waals surface area (Å²) >= 11 is 0. The second-order valence-electron chi connectivity index (χ2n) is 6.05. The van der Waals surface area contributed by atoms with Crippen molar-refractivity contribution in [3.8, 4) is 12.3 Å². The number of benzene rings is 2. The lowest BCUT2D eigenvalue weighted by molar-refractivity contribution is 0.102. The zero-order chi connectivity index (χ0) is 18.0. The highest BCUT2D eigenvalue weighted by Gasteiger charge is 2.28. The number of hydrogen-bond acceptors (Lipinski definition) is 3. The number of carbonyl (C=O) groups excluding carboxylic acids is 1. The van der Waals surface area contributed by atoms with Crippen molar-refractivity contribution in [1.82, 2.24) is 4.72 Å². The number of carbonyl (C=O) groups is 1. The Morgan fingerprint density at radius 2 is 1.96 bits per heavy atom. The van der Waals surface area contributed by atoms with E-state index in [2.05, 4.69) is 16.0 Å². The molecule has 1 aliphatic rings. The van der Waals surface area contributed by atoms with Crippen molar-refractivity contribution in [3.63, 3.8) is 0 Å². The fraction of sp³-hybridized carbons (Fsp3) is 0.211. The lowest BCUT2D eigenvalue weighted by atomic mass is 10.1. The largest absolute Gasteiger partial charge is 0.322 e. The predicted molar refractivity (Wildman–Crippen MR) is 96.9 cm³/mol. The van der Waals surface area contributed by atoms with Gasteiger partial charge in [-0.25, -0.2) is 13.1 Å². The quantitative estimate of drug-likeness (QED) is 0.811. The van der Waals surface area contributed by atoms with Gasteiger partial charge in [-0.2, -0.15) is 0 Å². The van der Waals surface area contributed by atoms with Crippen LogP contribution in [0.1, 0.15) is 34.3 Å². The first-order valence-corrected chi connectivity index (χ1v) is 9.38. The molecule has 1 fully saturated rings. The average Bonchev–Trinajstić information content (AvgIpc) is 3.38. The molecule has 128 valence electrons. The van der Waals surface area contributed by atoms with Gasteiger partial charge in [0.05, 0.1) is 4.90 Å². The summed E-state index contributed by atoms with van der Waals surface area (Å²) in [7, 11) is -3.61. The topological polar surface area (TPSA) is 75.3 Å². The lowest BCUT2D eigenvalue weighted by Gasteiger charge is -2.11.